The van der Waals surface area contributed by atoms with Crippen LogP contribution in [-0.2, 0) is 13.0 Å². The maximum absolute atomic E-state index is 12.5. The molecule has 4 aromatic rings. The number of hydrogen-bond donors (Lipinski definition) is 0. The Bertz CT molecular complexity index is 1090. The highest BCUT2D eigenvalue weighted by molar-refractivity contribution is 5.87. The summed E-state index contributed by atoms with van der Waals surface area (Å²) in [5.41, 5.74) is 5.17. The molecule has 0 radical (unpaired) electrons. The van der Waals surface area contributed by atoms with Gasteiger partial charge in [0.2, 0.25) is 0 Å². The fraction of sp³-hybridized carbons (Fsp3) is 0.286. The zero-order chi connectivity index (χ0) is 19.0. The minimum atomic E-state index is -4.11. The molecule has 0 N–H and O–H groups in total. The van der Waals surface area contributed by atoms with Crippen LogP contribution in [0.2, 0.25) is 0 Å². The van der Waals surface area contributed by atoms with Gasteiger partial charge in [0.05, 0.1) is 0 Å². The van der Waals surface area contributed by atoms with Crippen molar-refractivity contribution in [2.45, 2.75) is 38.9 Å². The van der Waals surface area contributed by atoms with E-state index in [0.717, 1.165) is 33.4 Å². The Kier molecular flexibility index (Phi) is 4.42. The summed E-state index contributed by atoms with van der Waals surface area (Å²) in [5.74, 6) is 0. The van der Waals surface area contributed by atoms with Crippen molar-refractivity contribution in [2.24, 2.45) is 0 Å². The van der Waals surface area contributed by atoms with Gasteiger partial charge in [0, 0.05) is 54.6 Å². The zero-order valence-electron chi connectivity index (χ0n) is 15.0. The molecule has 0 amide bonds. The number of aryl methyl sites for hydroxylation is 2. The minimum absolute atomic E-state index is 0.0796. The van der Waals surface area contributed by atoms with Crippen molar-refractivity contribution in [1.82, 2.24) is 14.0 Å². The summed E-state index contributed by atoms with van der Waals surface area (Å²) in [5, 5.41) is 1.12. The number of benzene rings is 1. The SMILES string of the molecule is Cc1cccc2c1c(Cc1cnc3ccccn13)cn2CCCC(F)(F)F. The molecule has 0 saturated carbocycles. The lowest BCUT2D eigenvalue weighted by Crippen LogP contribution is -2.09. The van der Waals surface area contributed by atoms with Crippen molar-refractivity contribution in [2.75, 3.05) is 0 Å². The molecular weight excluding hydrogens is 351 g/mol. The molecule has 0 bridgehead atoms. The van der Waals surface area contributed by atoms with Crippen molar-refractivity contribution in [3.63, 3.8) is 0 Å². The average Bonchev–Trinajstić information content (AvgIpc) is 3.18. The average molecular weight is 371 g/mol. The summed E-state index contributed by atoms with van der Waals surface area (Å²) in [6.07, 6.45) is 1.72. The Labute approximate surface area is 155 Å². The van der Waals surface area contributed by atoms with Crippen LogP contribution < -0.4 is 0 Å². The van der Waals surface area contributed by atoms with Gasteiger partial charge in [-0.2, -0.15) is 13.2 Å². The molecule has 0 atom stereocenters. The first kappa shape index (κ1) is 17.6. The number of fused-ring (bicyclic) bond motifs is 2. The normalized spacial score (nSPS) is 12.3. The third-order valence-electron chi connectivity index (χ3n) is 4.92. The van der Waals surface area contributed by atoms with Crippen LogP contribution >= 0.6 is 0 Å². The molecule has 0 saturated heterocycles. The lowest BCUT2D eigenvalue weighted by atomic mass is 10.0. The molecule has 3 aromatic heterocycles. The van der Waals surface area contributed by atoms with Gasteiger partial charge >= 0.3 is 6.18 Å². The summed E-state index contributed by atoms with van der Waals surface area (Å²) < 4.78 is 41.6. The Morgan fingerprint density at radius 3 is 2.74 bits per heavy atom. The molecule has 0 aliphatic rings. The van der Waals surface area contributed by atoms with E-state index in [-0.39, 0.29) is 6.42 Å². The van der Waals surface area contributed by atoms with Crippen LogP contribution in [0.1, 0.15) is 29.7 Å². The van der Waals surface area contributed by atoms with Crippen LogP contribution in [0.4, 0.5) is 13.2 Å². The van der Waals surface area contributed by atoms with Crippen molar-refractivity contribution in [3.8, 4) is 0 Å². The van der Waals surface area contributed by atoms with Crippen LogP contribution in [0.15, 0.2) is 55.0 Å². The maximum atomic E-state index is 12.5. The smallest absolute Gasteiger partial charge is 0.347 e. The highest BCUT2D eigenvalue weighted by atomic mass is 19.4. The van der Waals surface area contributed by atoms with Crippen LogP contribution in [0.25, 0.3) is 16.6 Å². The van der Waals surface area contributed by atoms with Gasteiger partial charge < -0.3 is 8.97 Å². The van der Waals surface area contributed by atoms with Crippen LogP contribution in [0.3, 0.4) is 0 Å². The molecule has 6 heteroatoms. The fourth-order valence-corrected chi connectivity index (χ4v) is 3.71. The number of halogens is 3. The first-order chi connectivity index (χ1) is 12.9. The number of imidazole rings is 1. The van der Waals surface area contributed by atoms with Gasteiger partial charge in [-0.1, -0.05) is 18.2 Å². The van der Waals surface area contributed by atoms with E-state index >= 15 is 0 Å². The van der Waals surface area contributed by atoms with E-state index in [0.29, 0.717) is 13.0 Å². The predicted molar refractivity (Wildman–Crippen MR) is 100.0 cm³/mol. The first-order valence-corrected chi connectivity index (χ1v) is 8.97. The van der Waals surface area contributed by atoms with E-state index < -0.39 is 12.6 Å². The summed E-state index contributed by atoms with van der Waals surface area (Å²) in [7, 11) is 0. The number of pyridine rings is 1. The quantitative estimate of drug-likeness (QED) is 0.452. The lowest BCUT2D eigenvalue weighted by molar-refractivity contribution is -0.135. The molecule has 4 rings (SSSR count). The summed E-state index contributed by atoms with van der Waals surface area (Å²) >= 11 is 0. The van der Waals surface area contributed by atoms with Gasteiger partial charge in [-0.25, -0.2) is 4.98 Å². The minimum Gasteiger partial charge on any atom is -0.347 e. The highest BCUT2D eigenvalue weighted by Crippen LogP contribution is 2.29. The van der Waals surface area contributed by atoms with E-state index in [9.17, 15) is 13.2 Å². The predicted octanol–water partition coefficient (Wildman–Crippen LogP) is 5.53. The van der Waals surface area contributed by atoms with E-state index in [1.807, 2.05) is 70.9 Å². The molecule has 0 aliphatic heterocycles. The Morgan fingerprint density at radius 2 is 1.93 bits per heavy atom. The number of hydrogen-bond acceptors (Lipinski definition) is 1. The lowest BCUT2D eigenvalue weighted by Gasteiger charge is -2.08. The number of aromatic nitrogens is 3. The number of alkyl halides is 3. The van der Waals surface area contributed by atoms with E-state index in [4.69, 9.17) is 0 Å². The van der Waals surface area contributed by atoms with Crippen LogP contribution in [0.5, 0.6) is 0 Å². The second kappa shape index (κ2) is 6.76. The van der Waals surface area contributed by atoms with Gasteiger partial charge in [-0.3, -0.25) is 0 Å². The molecule has 1 aromatic carbocycles. The second-order valence-corrected chi connectivity index (χ2v) is 6.89. The molecular formula is C21H20F3N3. The molecule has 0 aliphatic carbocycles. The molecule has 27 heavy (non-hydrogen) atoms. The first-order valence-electron chi connectivity index (χ1n) is 8.97. The molecule has 0 unspecified atom stereocenters. The van der Waals surface area contributed by atoms with Crippen molar-refractivity contribution in [3.05, 3.63) is 71.8 Å². The van der Waals surface area contributed by atoms with Crippen molar-refractivity contribution >= 4 is 16.6 Å². The molecule has 0 spiro atoms. The Morgan fingerprint density at radius 1 is 1.07 bits per heavy atom. The molecule has 3 heterocycles. The van der Waals surface area contributed by atoms with Gasteiger partial charge in [0.25, 0.3) is 0 Å². The Hall–Kier alpha value is -2.76. The number of nitrogens with zero attached hydrogens (tertiary/aromatic N) is 3. The van der Waals surface area contributed by atoms with Crippen LogP contribution in [0, 0.1) is 6.92 Å². The highest BCUT2D eigenvalue weighted by Gasteiger charge is 2.26. The van der Waals surface area contributed by atoms with E-state index in [1.54, 1.807) is 0 Å². The molecule has 0 fully saturated rings. The van der Waals surface area contributed by atoms with Crippen molar-refractivity contribution < 1.29 is 13.2 Å². The summed E-state index contributed by atoms with van der Waals surface area (Å²) in [6.45, 7) is 2.40. The van der Waals surface area contributed by atoms with Gasteiger partial charge in [0.1, 0.15) is 5.65 Å². The van der Waals surface area contributed by atoms with Crippen molar-refractivity contribution in [1.29, 1.82) is 0 Å². The second-order valence-electron chi connectivity index (χ2n) is 6.89. The van der Waals surface area contributed by atoms with Gasteiger partial charge in [0.15, 0.2) is 0 Å². The Balaban J connectivity index is 1.70. The topological polar surface area (TPSA) is 22.2 Å². The van der Waals surface area contributed by atoms with E-state index in [2.05, 4.69) is 4.98 Å². The van der Waals surface area contributed by atoms with Gasteiger partial charge in [-0.05, 0) is 42.7 Å². The maximum Gasteiger partial charge on any atom is 0.389 e. The number of rotatable bonds is 5. The third-order valence-corrected chi connectivity index (χ3v) is 4.92. The van der Waals surface area contributed by atoms with Crippen LogP contribution in [-0.4, -0.2) is 20.1 Å². The zero-order valence-corrected chi connectivity index (χ0v) is 15.0. The third kappa shape index (κ3) is 3.56. The molecule has 140 valence electrons. The monoisotopic (exact) mass is 371 g/mol. The fourth-order valence-electron chi connectivity index (χ4n) is 3.71. The van der Waals surface area contributed by atoms with Gasteiger partial charge in [-0.15, -0.1) is 0 Å². The largest absolute Gasteiger partial charge is 0.389 e. The summed E-state index contributed by atoms with van der Waals surface area (Å²) in [4.78, 5) is 4.43. The van der Waals surface area contributed by atoms with E-state index in [1.165, 1.54) is 0 Å². The summed E-state index contributed by atoms with van der Waals surface area (Å²) in [6, 6.07) is 11.8. The standard InChI is InChI=1S/C21H20F3N3/c1-15-6-4-7-18-20(15)16(14-26(18)10-5-9-21(22,23)24)12-17-13-25-19-8-2-3-11-27(17)19/h2-4,6-8,11,13-14H,5,9-10,12H2,1H3. The molecule has 3 nitrogen and oxygen atoms in total.